The van der Waals surface area contributed by atoms with E-state index in [1.54, 1.807) is 23.1 Å². The Morgan fingerprint density at radius 2 is 2.03 bits per heavy atom. The smallest absolute Gasteiger partial charge is 0.263 e. The van der Waals surface area contributed by atoms with Gasteiger partial charge in [-0.25, -0.2) is 9.37 Å². The third kappa shape index (κ3) is 4.35. The molecule has 0 atom stereocenters. The van der Waals surface area contributed by atoms with Crippen molar-refractivity contribution in [2.45, 2.75) is 25.8 Å². The lowest BCUT2D eigenvalue weighted by molar-refractivity contribution is -0.119. The van der Waals surface area contributed by atoms with E-state index in [1.165, 1.54) is 12.3 Å². The number of benzene rings is 2. The molecule has 1 aromatic heterocycles. The third-order valence-electron chi connectivity index (χ3n) is 4.83. The highest BCUT2D eigenvalue weighted by molar-refractivity contribution is 7.16. The summed E-state index contributed by atoms with van der Waals surface area (Å²) in [6.45, 7) is 1.07. The molecule has 4 rings (SSSR count). The molecule has 0 radical (unpaired) electrons. The van der Waals surface area contributed by atoms with Gasteiger partial charge in [0, 0.05) is 30.8 Å². The second kappa shape index (κ2) is 8.53. The van der Waals surface area contributed by atoms with Crippen LogP contribution in [0.3, 0.4) is 0 Å². The first-order valence-electron chi connectivity index (χ1n) is 9.50. The summed E-state index contributed by atoms with van der Waals surface area (Å²) in [4.78, 5) is 31.0. The lowest BCUT2D eigenvalue weighted by Gasteiger charge is -2.27. The van der Waals surface area contributed by atoms with Gasteiger partial charge >= 0.3 is 0 Å². The van der Waals surface area contributed by atoms with Gasteiger partial charge < -0.3 is 10.2 Å². The van der Waals surface area contributed by atoms with E-state index in [9.17, 15) is 14.0 Å². The first-order valence-corrected chi connectivity index (χ1v) is 10.3. The summed E-state index contributed by atoms with van der Waals surface area (Å²) in [5.74, 6) is -0.481. The zero-order chi connectivity index (χ0) is 20.2. The van der Waals surface area contributed by atoms with Crippen molar-refractivity contribution in [1.29, 1.82) is 0 Å². The van der Waals surface area contributed by atoms with E-state index in [-0.39, 0.29) is 17.6 Å². The number of hydrogen-bond acceptors (Lipinski definition) is 4. The van der Waals surface area contributed by atoms with E-state index in [1.807, 2.05) is 24.3 Å². The molecule has 1 aliphatic heterocycles. The molecule has 0 unspecified atom stereocenters. The Bertz CT molecular complexity index is 1050. The van der Waals surface area contributed by atoms with Crippen molar-refractivity contribution in [3.63, 3.8) is 0 Å². The van der Waals surface area contributed by atoms with Gasteiger partial charge in [-0.2, -0.15) is 0 Å². The fraction of sp³-hybridized carbons (Fsp3) is 0.227. The number of thiazole rings is 1. The molecule has 2 heterocycles. The van der Waals surface area contributed by atoms with Gasteiger partial charge in [0.15, 0.2) is 0 Å². The van der Waals surface area contributed by atoms with E-state index in [0.29, 0.717) is 28.4 Å². The summed E-state index contributed by atoms with van der Waals surface area (Å²) in [5, 5.41) is 3.34. The molecule has 1 aliphatic rings. The lowest BCUT2D eigenvalue weighted by Crippen LogP contribution is -2.35. The van der Waals surface area contributed by atoms with Gasteiger partial charge in [-0.05, 0) is 42.7 Å². The van der Waals surface area contributed by atoms with Crippen LogP contribution in [0, 0.1) is 5.82 Å². The molecule has 7 heteroatoms. The standard InChI is InChI=1S/C22H20FN3O2S/c23-18-9-2-1-8-17(18)22-25-14-19(29-22)21(28)24-13-15-6-5-7-16(12-15)26-11-4-3-10-20(26)27/h1-2,5-9,12,14H,3-4,10-11,13H2,(H,24,28). The van der Waals surface area contributed by atoms with Crippen molar-refractivity contribution in [2.24, 2.45) is 0 Å². The third-order valence-corrected chi connectivity index (χ3v) is 5.86. The molecule has 2 amide bonds. The number of hydrogen-bond donors (Lipinski definition) is 1. The minimum Gasteiger partial charge on any atom is -0.347 e. The number of nitrogens with zero attached hydrogens (tertiary/aromatic N) is 2. The first kappa shape index (κ1) is 19.3. The van der Waals surface area contributed by atoms with Crippen LogP contribution >= 0.6 is 11.3 Å². The fourth-order valence-electron chi connectivity index (χ4n) is 3.32. The molecule has 3 aromatic rings. The maximum Gasteiger partial charge on any atom is 0.263 e. The molecule has 29 heavy (non-hydrogen) atoms. The second-order valence-electron chi connectivity index (χ2n) is 6.86. The molecule has 1 saturated heterocycles. The van der Waals surface area contributed by atoms with Gasteiger partial charge in [-0.3, -0.25) is 9.59 Å². The van der Waals surface area contributed by atoms with Crippen LogP contribution in [-0.4, -0.2) is 23.3 Å². The number of aromatic nitrogens is 1. The molecule has 0 bridgehead atoms. The van der Waals surface area contributed by atoms with Crippen molar-refractivity contribution >= 4 is 28.8 Å². The van der Waals surface area contributed by atoms with Crippen LogP contribution in [0.4, 0.5) is 10.1 Å². The molecular formula is C22H20FN3O2S. The second-order valence-corrected chi connectivity index (χ2v) is 7.90. The normalized spacial score (nSPS) is 14.1. The summed E-state index contributed by atoms with van der Waals surface area (Å²) in [6, 6.07) is 14.0. The minimum absolute atomic E-state index is 0.141. The average Bonchev–Trinajstić information content (AvgIpc) is 3.23. The van der Waals surface area contributed by atoms with Crippen molar-refractivity contribution in [3.05, 3.63) is 71.0 Å². The Morgan fingerprint density at radius 1 is 1.17 bits per heavy atom. The summed E-state index contributed by atoms with van der Waals surface area (Å²) >= 11 is 1.15. The Hall–Kier alpha value is -3.06. The maximum absolute atomic E-state index is 13.9. The predicted octanol–water partition coefficient (Wildman–Crippen LogP) is 4.40. The fourth-order valence-corrected chi connectivity index (χ4v) is 4.18. The van der Waals surface area contributed by atoms with E-state index >= 15 is 0 Å². The number of piperidine rings is 1. The van der Waals surface area contributed by atoms with Gasteiger partial charge in [0.05, 0.1) is 6.20 Å². The molecule has 0 saturated carbocycles. The molecule has 0 aliphatic carbocycles. The number of halogens is 1. The van der Waals surface area contributed by atoms with Gasteiger partial charge in [0.2, 0.25) is 5.91 Å². The number of carbonyl (C=O) groups excluding carboxylic acids is 2. The highest BCUT2D eigenvalue weighted by atomic mass is 32.1. The van der Waals surface area contributed by atoms with E-state index < -0.39 is 0 Å². The number of amides is 2. The van der Waals surface area contributed by atoms with E-state index in [0.717, 1.165) is 42.0 Å². The Balaban J connectivity index is 1.42. The van der Waals surface area contributed by atoms with Crippen LogP contribution in [0.25, 0.3) is 10.6 Å². The summed E-state index contributed by atoms with van der Waals surface area (Å²) < 4.78 is 13.9. The molecular weight excluding hydrogens is 389 g/mol. The van der Waals surface area contributed by atoms with Gasteiger partial charge in [0.25, 0.3) is 5.91 Å². The first-order chi connectivity index (χ1) is 14.1. The lowest BCUT2D eigenvalue weighted by atomic mass is 10.1. The zero-order valence-corrected chi connectivity index (χ0v) is 16.5. The number of nitrogens with one attached hydrogen (secondary N) is 1. The highest BCUT2D eigenvalue weighted by Crippen LogP contribution is 2.27. The van der Waals surface area contributed by atoms with Crippen LogP contribution in [0.2, 0.25) is 0 Å². The molecule has 2 aromatic carbocycles. The van der Waals surface area contributed by atoms with Crippen LogP contribution in [0.5, 0.6) is 0 Å². The molecule has 148 valence electrons. The van der Waals surface area contributed by atoms with Gasteiger partial charge in [-0.1, -0.05) is 24.3 Å². The predicted molar refractivity (Wildman–Crippen MR) is 111 cm³/mol. The largest absolute Gasteiger partial charge is 0.347 e. The number of carbonyl (C=O) groups is 2. The molecule has 1 fully saturated rings. The Labute approximate surface area is 172 Å². The topological polar surface area (TPSA) is 62.3 Å². The molecule has 5 nitrogen and oxygen atoms in total. The Morgan fingerprint density at radius 3 is 2.86 bits per heavy atom. The van der Waals surface area contributed by atoms with Gasteiger partial charge in [0.1, 0.15) is 15.7 Å². The summed E-state index contributed by atoms with van der Waals surface area (Å²) in [7, 11) is 0. The van der Waals surface area contributed by atoms with Crippen LogP contribution < -0.4 is 10.2 Å². The highest BCUT2D eigenvalue weighted by Gasteiger charge is 2.20. The molecule has 0 spiro atoms. The van der Waals surface area contributed by atoms with Gasteiger partial charge in [-0.15, -0.1) is 11.3 Å². The maximum atomic E-state index is 13.9. The van der Waals surface area contributed by atoms with Crippen LogP contribution in [-0.2, 0) is 11.3 Å². The Kier molecular flexibility index (Phi) is 5.67. The van der Waals surface area contributed by atoms with Crippen LogP contribution in [0.15, 0.2) is 54.7 Å². The monoisotopic (exact) mass is 409 g/mol. The van der Waals surface area contributed by atoms with Crippen molar-refractivity contribution in [3.8, 4) is 10.6 Å². The number of rotatable bonds is 5. The minimum atomic E-state index is -0.363. The quantitative estimate of drug-likeness (QED) is 0.680. The average molecular weight is 409 g/mol. The van der Waals surface area contributed by atoms with Crippen molar-refractivity contribution in [2.75, 3.05) is 11.4 Å². The van der Waals surface area contributed by atoms with Crippen molar-refractivity contribution < 1.29 is 14.0 Å². The zero-order valence-electron chi connectivity index (χ0n) is 15.7. The number of anilines is 1. The molecule has 1 N–H and O–H groups in total. The van der Waals surface area contributed by atoms with Crippen molar-refractivity contribution in [1.82, 2.24) is 10.3 Å². The van der Waals surface area contributed by atoms with E-state index in [4.69, 9.17) is 0 Å². The van der Waals surface area contributed by atoms with Crippen LogP contribution in [0.1, 0.15) is 34.5 Å². The SMILES string of the molecule is O=C(NCc1cccc(N2CCCCC2=O)c1)c1cnc(-c2ccccc2F)s1. The summed E-state index contributed by atoms with van der Waals surface area (Å²) in [6.07, 6.45) is 3.98. The van der Waals surface area contributed by atoms with E-state index in [2.05, 4.69) is 10.3 Å². The summed E-state index contributed by atoms with van der Waals surface area (Å²) in [5.41, 5.74) is 2.16.